The second-order valence-electron chi connectivity index (χ2n) is 5.51. The second-order valence-corrected chi connectivity index (χ2v) is 5.51. The van der Waals surface area contributed by atoms with Crippen molar-refractivity contribution in [3.8, 4) is 0 Å². The number of rotatable bonds is 2. The molecule has 3 heteroatoms. The van der Waals surface area contributed by atoms with Gasteiger partial charge in [-0.25, -0.2) is 0 Å². The Morgan fingerprint density at radius 3 is 2.59 bits per heavy atom. The average molecular weight is 406 g/mol. The van der Waals surface area contributed by atoms with Gasteiger partial charge in [0.05, 0.1) is 0 Å². The fourth-order valence-corrected chi connectivity index (χ4v) is 3.20. The van der Waals surface area contributed by atoms with E-state index in [-0.39, 0.29) is 51.0 Å². The first-order chi connectivity index (χ1) is 9.38. The van der Waals surface area contributed by atoms with Crippen molar-refractivity contribution >= 4 is 6.08 Å². The maximum Gasteiger partial charge on any atom is 2.00 e. The number of benzene rings is 1. The number of fused-ring (bicyclic) bond motifs is 2. The Morgan fingerprint density at radius 1 is 1.00 bits per heavy atom. The molecule has 1 atom stereocenters. The minimum atomic E-state index is 0. The van der Waals surface area contributed by atoms with Crippen LogP contribution in [0.3, 0.4) is 0 Å². The first-order valence-corrected chi connectivity index (χ1v) is 6.93. The van der Waals surface area contributed by atoms with Gasteiger partial charge in [0.2, 0.25) is 0 Å². The van der Waals surface area contributed by atoms with Gasteiger partial charge >= 0.3 is 26.2 Å². The Bertz CT molecular complexity index is 693. The van der Waals surface area contributed by atoms with Crippen LogP contribution in [0.25, 0.3) is 6.08 Å². The van der Waals surface area contributed by atoms with Gasteiger partial charge in [0, 0.05) is 5.92 Å². The summed E-state index contributed by atoms with van der Waals surface area (Å²) in [6.45, 7) is 0. The summed E-state index contributed by atoms with van der Waals surface area (Å²) in [6.07, 6.45) is 18.1. The summed E-state index contributed by atoms with van der Waals surface area (Å²) in [5.74, 6) is 0.518. The Morgan fingerprint density at radius 2 is 1.82 bits per heavy atom. The zero-order valence-electron chi connectivity index (χ0n) is 12.1. The van der Waals surface area contributed by atoms with Crippen LogP contribution in [0.5, 0.6) is 0 Å². The van der Waals surface area contributed by atoms with Gasteiger partial charge in [-0.2, -0.15) is 0 Å². The van der Waals surface area contributed by atoms with Gasteiger partial charge in [-0.3, -0.25) is 0 Å². The Hall–Kier alpha value is -0.617. The van der Waals surface area contributed by atoms with Gasteiger partial charge in [0.25, 0.3) is 0 Å². The minimum absolute atomic E-state index is 0. The van der Waals surface area contributed by atoms with E-state index in [0.29, 0.717) is 5.92 Å². The summed E-state index contributed by atoms with van der Waals surface area (Å²) in [5, 5.41) is 0. The van der Waals surface area contributed by atoms with Gasteiger partial charge in [-0.1, -0.05) is 72.4 Å². The molecule has 1 aromatic carbocycles. The van der Waals surface area contributed by atoms with Crippen LogP contribution >= 0.6 is 0 Å². The molecule has 0 spiro atoms. The molecule has 110 valence electrons. The van der Waals surface area contributed by atoms with Crippen LogP contribution in [0, 0.1) is 5.92 Å². The molecule has 3 aliphatic carbocycles. The van der Waals surface area contributed by atoms with Gasteiger partial charge < -0.3 is 24.8 Å². The van der Waals surface area contributed by atoms with Gasteiger partial charge in [0.1, 0.15) is 0 Å². The molecule has 0 aliphatic heterocycles. The Labute approximate surface area is 163 Å². The van der Waals surface area contributed by atoms with Crippen LogP contribution in [0.1, 0.15) is 17.5 Å². The largest absolute Gasteiger partial charge is 2.00 e. The molecule has 0 heterocycles. The molecular formula is C19H16Cl2Zr. The second kappa shape index (κ2) is 8.30. The summed E-state index contributed by atoms with van der Waals surface area (Å²) < 4.78 is 0. The molecule has 4 rings (SSSR count). The molecule has 0 saturated carbocycles. The normalized spacial score (nSPS) is 19.6. The van der Waals surface area contributed by atoms with Crippen molar-refractivity contribution in [3.05, 3.63) is 88.6 Å². The first kappa shape index (κ1) is 19.4. The topological polar surface area (TPSA) is 0 Å². The van der Waals surface area contributed by atoms with E-state index >= 15 is 0 Å². The van der Waals surface area contributed by atoms with Crippen molar-refractivity contribution in [2.75, 3.05) is 0 Å². The molecule has 1 unspecified atom stereocenters. The molecule has 22 heavy (non-hydrogen) atoms. The molecule has 0 fully saturated rings. The van der Waals surface area contributed by atoms with Crippen molar-refractivity contribution < 1.29 is 51.0 Å². The maximum atomic E-state index is 2.40. The summed E-state index contributed by atoms with van der Waals surface area (Å²) in [7, 11) is 0. The van der Waals surface area contributed by atoms with E-state index < -0.39 is 0 Å². The third-order valence-electron chi connectivity index (χ3n) is 4.11. The van der Waals surface area contributed by atoms with Crippen molar-refractivity contribution in [2.24, 2.45) is 5.92 Å². The van der Waals surface area contributed by atoms with E-state index in [1.54, 1.807) is 0 Å². The third-order valence-corrected chi connectivity index (χ3v) is 4.11. The van der Waals surface area contributed by atoms with Gasteiger partial charge in [-0.15, -0.1) is 0 Å². The van der Waals surface area contributed by atoms with Crippen molar-refractivity contribution in [3.63, 3.8) is 0 Å². The standard InChI is InChI=1S/C19H16.2ClH.Zr/c1-2-6-17-11-14(10-16(17)5-1)9-15-12-18-7-3-4-8-19(18)13-15;;;/h1-8,10-12,16H,9,13H2;2*1H;/q;;;+2/p-2. The van der Waals surface area contributed by atoms with E-state index in [9.17, 15) is 0 Å². The third kappa shape index (κ3) is 3.82. The van der Waals surface area contributed by atoms with Crippen LogP contribution in [-0.2, 0) is 32.6 Å². The zero-order valence-corrected chi connectivity index (χ0v) is 16.1. The summed E-state index contributed by atoms with van der Waals surface area (Å²) in [4.78, 5) is 0. The quantitative estimate of drug-likeness (QED) is 0.569. The predicted octanol–water partition coefficient (Wildman–Crippen LogP) is -1.37. The molecule has 0 amide bonds. The zero-order chi connectivity index (χ0) is 12.7. The predicted molar refractivity (Wildman–Crippen MR) is 80.7 cm³/mol. The average Bonchev–Trinajstić information content (AvgIpc) is 3.00. The molecule has 0 saturated heterocycles. The molecule has 0 aromatic heterocycles. The number of allylic oxidation sites excluding steroid dienone is 9. The molecule has 3 aliphatic rings. The fourth-order valence-electron chi connectivity index (χ4n) is 3.20. The summed E-state index contributed by atoms with van der Waals surface area (Å²) in [6, 6.07) is 8.72. The number of halogens is 2. The first-order valence-electron chi connectivity index (χ1n) is 6.93. The van der Waals surface area contributed by atoms with Gasteiger partial charge in [-0.05, 0) is 35.1 Å². The van der Waals surface area contributed by atoms with E-state index in [1.807, 2.05) is 0 Å². The van der Waals surface area contributed by atoms with Crippen molar-refractivity contribution in [2.45, 2.75) is 12.8 Å². The fraction of sp³-hybridized carbons (Fsp3) is 0.158. The summed E-state index contributed by atoms with van der Waals surface area (Å²) in [5.41, 5.74) is 7.32. The minimum Gasteiger partial charge on any atom is -1.00 e. The molecule has 0 nitrogen and oxygen atoms in total. The molecule has 0 radical (unpaired) electrons. The van der Waals surface area contributed by atoms with Crippen LogP contribution in [0.15, 0.2) is 77.4 Å². The van der Waals surface area contributed by atoms with E-state index in [2.05, 4.69) is 66.8 Å². The molecule has 0 bridgehead atoms. The number of hydrogen-bond donors (Lipinski definition) is 0. The van der Waals surface area contributed by atoms with Crippen LogP contribution in [0.2, 0.25) is 0 Å². The van der Waals surface area contributed by atoms with Crippen LogP contribution in [0.4, 0.5) is 0 Å². The van der Waals surface area contributed by atoms with Crippen LogP contribution < -0.4 is 24.8 Å². The maximum absolute atomic E-state index is 2.40. The van der Waals surface area contributed by atoms with E-state index in [4.69, 9.17) is 0 Å². The SMILES string of the molecule is C1=CC2=CC(CC3=Cc4ccccc4C3)=CC2C=C1.[Cl-].[Cl-].[Zr+2]. The van der Waals surface area contributed by atoms with Gasteiger partial charge in [0.15, 0.2) is 0 Å². The van der Waals surface area contributed by atoms with E-state index in [1.165, 1.54) is 27.8 Å². The number of hydrogen-bond acceptors (Lipinski definition) is 0. The monoisotopic (exact) mass is 404 g/mol. The van der Waals surface area contributed by atoms with E-state index in [0.717, 1.165) is 12.8 Å². The van der Waals surface area contributed by atoms with Crippen molar-refractivity contribution in [1.82, 2.24) is 0 Å². The van der Waals surface area contributed by atoms with Crippen LogP contribution in [-0.4, -0.2) is 0 Å². The Kier molecular flexibility index (Phi) is 7.33. The summed E-state index contributed by atoms with van der Waals surface area (Å²) >= 11 is 0. The Balaban J connectivity index is 0.000000807. The van der Waals surface area contributed by atoms with Crippen molar-refractivity contribution in [1.29, 1.82) is 0 Å². The molecular weight excluding hydrogens is 390 g/mol. The molecule has 0 N–H and O–H groups in total. The molecule has 1 aromatic rings. The smallest absolute Gasteiger partial charge is 1.00 e.